The van der Waals surface area contributed by atoms with Gasteiger partial charge in [0.25, 0.3) is 10.0 Å². The van der Waals surface area contributed by atoms with Crippen LogP contribution >= 0.6 is 0 Å². The van der Waals surface area contributed by atoms with Crippen molar-refractivity contribution in [2.24, 2.45) is 5.92 Å². The number of benzene rings is 2. The van der Waals surface area contributed by atoms with Crippen LogP contribution in [0.1, 0.15) is 32.3 Å². The van der Waals surface area contributed by atoms with Crippen molar-refractivity contribution >= 4 is 21.6 Å². The maximum Gasteiger partial charge on any atom is 0.264 e. The summed E-state index contributed by atoms with van der Waals surface area (Å²) in [6.07, 6.45) is 2.79. The highest BCUT2D eigenvalue weighted by molar-refractivity contribution is 7.92. The molecule has 28 heavy (non-hydrogen) atoms. The van der Waals surface area contributed by atoms with Gasteiger partial charge in [-0.2, -0.15) is 0 Å². The molecule has 3 rings (SSSR count). The van der Waals surface area contributed by atoms with E-state index in [2.05, 4.69) is 6.92 Å². The summed E-state index contributed by atoms with van der Waals surface area (Å²) in [6, 6.07) is 15.7. The van der Waals surface area contributed by atoms with Crippen LogP contribution < -0.4 is 4.31 Å². The normalized spacial score (nSPS) is 15.4. The van der Waals surface area contributed by atoms with Gasteiger partial charge in [0.15, 0.2) is 0 Å². The Morgan fingerprint density at radius 1 is 1.04 bits per heavy atom. The number of carbonyl (C=O) groups excluding carboxylic acids is 1. The zero-order valence-corrected chi connectivity index (χ0v) is 17.4. The number of aryl methyl sites for hydroxylation is 1. The number of likely N-dealkylation sites (tertiary alicyclic amines) is 1. The van der Waals surface area contributed by atoms with Gasteiger partial charge < -0.3 is 4.90 Å². The number of carbonyl (C=O) groups is 1. The number of piperidine rings is 1. The number of nitrogens with zero attached hydrogens (tertiary/aromatic N) is 2. The lowest BCUT2D eigenvalue weighted by molar-refractivity contribution is -0.130. The summed E-state index contributed by atoms with van der Waals surface area (Å²) < 4.78 is 27.9. The van der Waals surface area contributed by atoms with E-state index >= 15 is 0 Å². The standard InChI is InChI=1S/C22H28N2O3S/c1-3-19-9-11-20(12-10-19)24(28(26,27)21-7-5-4-6-8-21)17-22(25)23-15-13-18(2)14-16-23/h4-12,18H,3,13-17H2,1-2H3. The van der Waals surface area contributed by atoms with Gasteiger partial charge in [0, 0.05) is 13.1 Å². The van der Waals surface area contributed by atoms with Crippen LogP contribution in [0.3, 0.4) is 0 Å². The SMILES string of the molecule is CCc1ccc(N(CC(=O)N2CCC(C)CC2)S(=O)(=O)c2ccccc2)cc1. The first kappa shape index (κ1) is 20.4. The van der Waals surface area contributed by atoms with Crippen LogP contribution in [0, 0.1) is 5.92 Å². The Morgan fingerprint density at radius 2 is 1.64 bits per heavy atom. The van der Waals surface area contributed by atoms with Crippen molar-refractivity contribution in [1.29, 1.82) is 0 Å². The molecule has 0 unspecified atom stereocenters. The van der Waals surface area contributed by atoms with Crippen LogP contribution in [0.5, 0.6) is 0 Å². The Hall–Kier alpha value is -2.34. The lowest BCUT2D eigenvalue weighted by atomic mass is 9.99. The summed E-state index contributed by atoms with van der Waals surface area (Å²) in [6.45, 7) is 5.43. The van der Waals surface area contributed by atoms with Crippen molar-refractivity contribution in [3.63, 3.8) is 0 Å². The first-order valence-corrected chi connectivity index (χ1v) is 11.3. The Labute approximate surface area is 168 Å². The third-order valence-corrected chi connectivity index (χ3v) is 7.17. The molecular formula is C22H28N2O3S. The molecule has 0 saturated carbocycles. The topological polar surface area (TPSA) is 57.7 Å². The van der Waals surface area contributed by atoms with Crippen LogP contribution in [-0.4, -0.2) is 38.9 Å². The second kappa shape index (κ2) is 8.78. The van der Waals surface area contributed by atoms with Crippen molar-refractivity contribution in [2.75, 3.05) is 23.9 Å². The second-order valence-corrected chi connectivity index (χ2v) is 9.27. The van der Waals surface area contributed by atoms with Gasteiger partial charge in [-0.05, 0) is 55.0 Å². The summed E-state index contributed by atoms with van der Waals surface area (Å²) >= 11 is 0. The first-order valence-electron chi connectivity index (χ1n) is 9.86. The fourth-order valence-electron chi connectivity index (χ4n) is 3.41. The number of hydrogen-bond acceptors (Lipinski definition) is 3. The third kappa shape index (κ3) is 4.55. The van der Waals surface area contributed by atoms with Crippen molar-refractivity contribution in [2.45, 2.75) is 38.0 Å². The number of amides is 1. The molecule has 1 amide bonds. The molecule has 0 aromatic heterocycles. The van der Waals surface area contributed by atoms with Gasteiger partial charge in [0.1, 0.15) is 6.54 Å². The van der Waals surface area contributed by atoms with Gasteiger partial charge in [-0.25, -0.2) is 8.42 Å². The van der Waals surface area contributed by atoms with Crippen LogP contribution in [0.25, 0.3) is 0 Å². The molecule has 1 aliphatic rings. The Morgan fingerprint density at radius 3 is 2.21 bits per heavy atom. The van der Waals surface area contributed by atoms with E-state index in [9.17, 15) is 13.2 Å². The fraction of sp³-hybridized carbons (Fsp3) is 0.409. The van der Waals surface area contributed by atoms with E-state index < -0.39 is 10.0 Å². The largest absolute Gasteiger partial charge is 0.341 e. The average Bonchev–Trinajstić information content (AvgIpc) is 2.73. The zero-order valence-electron chi connectivity index (χ0n) is 16.5. The van der Waals surface area contributed by atoms with Crippen LogP contribution in [-0.2, 0) is 21.2 Å². The molecule has 1 heterocycles. The van der Waals surface area contributed by atoms with E-state index in [4.69, 9.17) is 0 Å². The summed E-state index contributed by atoms with van der Waals surface area (Å²) in [7, 11) is -3.83. The van der Waals surface area contributed by atoms with Gasteiger partial charge in [-0.3, -0.25) is 9.10 Å². The Balaban J connectivity index is 1.91. The fourth-order valence-corrected chi connectivity index (χ4v) is 4.85. The molecule has 6 heteroatoms. The van der Waals surface area contributed by atoms with Gasteiger partial charge >= 0.3 is 0 Å². The average molecular weight is 401 g/mol. The second-order valence-electron chi connectivity index (χ2n) is 7.41. The predicted octanol–water partition coefficient (Wildman–Crippen LogP) is 3.70. The van der Waals surface area contributed by atoms with Crippen molar-refractivity contribution < 1.29 is 13.2 Å². The minimum atomic E-state index is -3.83. The van der Waals surface area contributed by atoms with E-state index in [1.165, 1.54) is 4.31 Å². The number of hydrogen-bond donors (Lipinski definition) is 0. The Kier molecular flexibility index (Phi) is 6.39. The smallest absolute Gasteiger partial charge is 0.264 e. The molecular weight excluding hydrogens is 372 g/mol. The molecule has 1 saturated heterocycles. The lowest BCUT2D eigenvalue weighted by Crippen LogP contribution is -2.45. The van der Waals surface area contributed by atoms with E-state index in [0.29, 0.717) is 24.7 Å². The monoisotopic (exact) mass is 400 g/mol. The zero-order chi connectivity index (χ0) is 20.1. The minimum Gasteiger partial charge on any atom is -0.341 e. The van der Waals surface area contributed by atoms with E-state index in [1.807, 2.05) is 19.1 Å². The van der Waals surface area contributed by atoms with Crippen LogP contribution in [0.4, 0.5) is 5.69 Å². The highest BCUT2D eigenvalue weighted by Crippen LogP contribution is 2.25. The van der Waals surface area contributed by atoms with E-state index in [0.717, 1.165) is 24.8 Å². The number of anilines is 1. The van der Waals surface area contributed by atoms with Gasteiger partial charge in [0.05, 0.1) is 10.6 Å². The maximum atomic E-state index is 13.3. The van der Waals surface area contributed by atoms with Gasteiger partial charge in [-0.1, -0.05) is 44.2 Å². The highest BCUT2D eigenvalue weighted by atomic mass is 32.2. The molecule has 0 radical (unpaired) electrons. The molecule has 1 fully saturated rings. The molecule has 0 atom stereocenters. The predicted molar refractivity (Wildman–Crippen MR) is 112 cm³/mol. The number of sulfonamides is 1. The van der Waals surface area contributed by atoms with Gasteiger partial charge in [-0.15, -0.1) is 0 Å². The molecule has 2 aromatic carbocycles. The third-order valence-electron chi connectivity index (χ3n) is 5.38. The van der Waals surface area contributed by atoms with Gasteiger partial charge in [0.2, 0.25) is 5.91 Å². The molecule has 1 aliphatic heterocycles. The van der Waals surface area contributed by atoms with Crippen molar-refractivity contribution in [3.8, 4) is 0 Å². The lowest BCUT2D eigenvalue weighted by Gasteiger charge is -2.32. The van der Waals surface area contributed by atoms with Crippen LogP contribution in [0.15, 0.2) is 59.5 Å². The molecule has 0 bridgehead atoms. The summed E-state index contributed by atoms with van der Waals surface area (Å²) in [5.41, 5.74) is 1.64. The molecule has 5 nitrogen and oxygen atoms in total. The summed E-state index contributed by atoms with van der Waals surface area (Å²) in [5, 5.41) is 0. The molecule has 2 aromatic rings. The Bertz CT molecular complexity index is 887. The maximum absolute atomic E-state index is 13.3. The molecule has 0 aliphatic carbocycles. The molecule has 150 valence electrons. The highest BCUT2D eigenvalue weighted by Gasteiger charge is 2.29. The van der Waals surface area contributed by atoms with Crippen molar-refractivity contribution in [3.05, 3.63) is 60.2 Å². The number of rotatable bonds is 6. The summed E-state index contributed by atoms with van der Waals surface area (Å²) in [4.78, 5) is 14.9. The first-order chi connectivity index (χ1) is 13.4. The van der Waals surface area contributed by atoms with E-state index in [-0.39, 0.29) is 17.3 Å². The minimum absolute atomic E-state index is 0.147. The quantitative estimate of drug-likeness (QED) is 0.743. The molecule has 0 spiro atoms. The van der Waals surface area contributed by atoms with Crippen molar-refractivity contribution in [1.82, 2.24) is 4.90 Å². The van der Waals surface area contributed by atoms with E-state index in [1.54, 1.807) is 47.4 Å². The van der Waals surface area contributed by atoms with Crippen LogP contribution in [0.2, 0.25) is 0 Å². The summed E-state index contributed by atoms with van der Waals surface area (Å²) in [5.74, 6) is 0.459. The molecule has 0 N–H and O–H groups in total.